The van der Waals surface area contributed by atoms with Gasteiger partial charge in [-0.15, -0.1) is 0 Å². The molecule has 1 unspecified atom stereocenters. The van der Waals surface area contributed by atoms with Crippen LogP contribution in [0.1, 0.15) is 28.4 Å². The zero-order valence-corrected chi connectivity index (χ0v) is 14.0. The van der Waals surface area contributed by atoms with E-state index in [1.165, 1.54) is 0 Å². The summed E-state index contributed by atoms with van der Waals surface area (Å²) in [7, 11) is 1.74. The zero-order chi connectivity index (χ0) is 17.1. The number of H-pyrrole nitrogens is 1. The highest BCUT2D eigenvalue weighted by molar-refractivity contribution is 7.71. The molecule has 1 amide bonds. The highest BCUT2D eigenvalue weighted by Crippen LogP contribution is 2.25. The number of aromatic amines is 1. The van der Waals surface area contributed by atoms with Crippen LogP contribution in [0, 0.1) is 4.84 Å². The van der Waals surface area contributed by atoms with Gasteiger partial charge < -0.3 is 19.4 Å². The summed E-state index contributed by atoms with van der Waals surface area (Å²) in [5.74, 6) is -0.137. The summed E-state index contributed by atoms with van der Waals surface area (Å²) in [5, 5.41) is 9.37. The van der Waals surface area contributed by atoms with Crippen molar-refractivity contribution in [3.8, 4) is 0 Å². The van der Waals surface area contributed by atoms with Crippen LogP contribution in [0.15, 0.2) is 52.9 Å². The monoisotopic (exact) mass is 342 g/mol. The maximum Gasteiger partial charge on any atom is 0.266 e. The Morgan fingerprint density at radius 1 is 1.29 bits per heavy atom. The molecule has 2 N–H and O–H groups in total. The summed E-state index contributed by atoms with van der Waals surface area (Å²) >= 11 is 4.97. The molecule has 1 aromatic heterocycles. The van der Waals surface area contributed by atoms with E-state index in [0.29, 0.717) is 17.6 Å². The molecule has 0 fully saturated rings. The summed E-state index contributed by atoms with van der Waals surface area (Å²) < 4.78 is 5.38. The first-order valence-electron chi connectivity index (χ1n) is 7.66. The molecular formula is C18H18N2O3S. The first-order chi connectivity index (χ1) is 11.6. The number of rotatable bonds is 5. The minimum atomic E-state index is -0.197. The first-order valence-corrected chi connectivity index (χ1v) is 8.07. The minimum absolute atomic E-state index is 0.00265. The van der Waals surface area contributed by atoms with Crippen molar-refractivity contribution in [1.82, 2.24) is 9.88 Å². The number of hydrogen-bond donors (Lipinski definition) is 2. The molecule has 3 rings (SSSR count). The van der Waals surface area contributed by atoms with Gasteiger partial charge in [-0.3, -0.25) is 4.79 Å². The summed E-state index contributed by atoms with van der Waals surface area (Å²) in [6, 6.07) is 14.7. The molecule has 0 bridgehead atoms. The van der Waals surface area contributed by atoms with Crippen LogP contribution in [0.5, 0.6) is 0 Å². The summed E-state index contributed by atoms with van der Waals surface area (Å²) in [4.78, 5) is 17.7. The van der Waals surface area contributed by atoms with E-state index in [4.69, 9.17) is 16.6 Å². The van der Waals surface area contributed by atoms with Gasteiger partial charge >= 0.3 is 0 Å². The molecule has 0 aliphatic heterocycles. The molecule has 1 atom stereocenters. The van der Waals surface area contributed by atoms with Crippen molar-refractivity contribution in [2.75, 3.05) is 13.7 Å². The van der Waals surface area contributed by atoms with Crippen molar-refractivity contribution in [3.05, 3.63) is 64.5 Å². The number of nitrogens with zero attached hydrogens (tertiary/aromatic N) is 1. The topological polar surface area (TPSA) is 69.5 Å². The molecule has 24 heavy (non-hydrogen) atoms. The molecule has 0 saturated heterocycles. The van der Waals surface area contributed by atoms with E-state index in [1.54, 1.807) is 30.1 Å². The largest absolute Gasteiger partial charge is 0.429 e. The van der Waals surface area contributed by atoms with Gasteiger partial charge in [-0.25, -0.2) is 0 Å². The van der Waals surface area contributed by atoms with E-state index >= 15 is 0 Å². The zero-order valence-electron chi connectivity index (χ0n) is 13.2. The van der Waals surface area contributed by atoms with Gasteiger partial charge in [-0.05, 0) is 42.4 Å². The fraction of sp³-hybridized carbons (Fsp3) is 0.222. The van der Waals surface area contributed by atoms with E-state index in [2.05, 4.69) is 4.98 Å². The summed E-state index contributed by atoms with van der Waals surface area (Å²) in [6.45, 7) is 0.00265. The highest BCUT2D eigenvalue weighted by Gasteiger charge is 2.22. The minimum Gasteiger partial charge on any atom is -0.429 e. The van der Waals surface area contributed by atoms with E-state index in [0.717, 1.165) is 11.1 Å². The molecule has 0 radical (unpaired) electrons. The molecule has 124 valence electrons. The summed E-state index contributed by atoms with van der Waals surface area (Å²) in [6.07, 6.45) is 0.472. The Balaban J connectivity index is 1.91. The number of carbonyl (C=O) groups excluding carboxylic acids is 1. The Labute approximate surface area is 144 Å². The number of amides is 1. The molecule has 5 nitrogen and oxygen atoms in total. The van der Waals surface area contributed by atoms with Gasteiger partial charge in [-0.1, -0.05) is 30.3 Å². The number of aromatic nitrogens is 1. The second-order valence-corrected chi connectivity index (χ2v) is 5.95. The average molecular weight is 342 g/mol. The number of hydrogen-bond acceptors (Lipinski definition) is 4. The van der Waals surface area contributed by atoms with Gasteiger partial charge in [0, 0.05) is 19.2 Å². The van der Waals surface area contributed by atoms with Gasteiger partial charge in [0.2, 0.25) is 0 Å². The molecule has 1 heterocycles. The Bertz CT molecular complexity index is 901. The molecule has 0 aliphatic rings. The lowest BCUT2D eigenvalue weighted by atomic mass is 10.0. The molecule has 2 aromatic carbocycles. The van der Waals surface area contributed by atoms with Crippen LogP contribution in [-0.4, -0.2) is 34.6 Å². The van der Waals surface area contributed by atoms with Crippen molar-refractivity contribution in [2.24, 2.45) is 0 Å². The number of aliphatic hydroxyl groups excluding tert-OH is 1. The van der Waals surface area contributed by atoms with Crippen LogP contribution in [-0.2, 0) is 0 Å². The second-order valence-electron chi connectivity index (χ2n) is 5.58. The van der Waals surface area contributed by atoms with Crippen LogP contribution >= 0.6 is 12.2 Å². The standard InChI is InChI=1S/C18H18N2O3S/c1-20(15(9-10-21)12-5-3-2-4-6-12)17(22)13-7-8-14-16(11-13)23-18(24)19-14/h2-8,11,15,21H,9-10H2,1H3,(H,19,24). The van der Waals surface area contributed by atoms with E-state index < -0.39 is 0 Å². The normalized spacial score (nSPS) is 12.2. The van der Waals surface area contributed by atoms with Crippen molar-refractivity contribution >= 4 is 29.2 Å². The number of carbonyl (C=O) groups is 1. The first kappa shape index (κ1) is 16.4. The van der Waals surface area contributed by atoms with Crippen LogP contribution in [0.3, 0.4) is 0 Å². The van der Waals surface area contributed by atoms with E-state index in [9.17, 15) is 9.90 Å². The van der Waals surface area contributed by atoms with E-state index in [-0.39, 0.29) is 23.4 Å². The second kappa shape index (κ2) is 6.98. The van der Waals surface area contributed by atoms with Crippen LogP contribution in [0.25, 0.3) is 11.1 Å². The Morgan fingerprint density at radius 2 is 2.04 bits per heavy atom. The molecule has 0 aliphatic carbocycles. The molecular weight excluding hydrogens is 324 g/mol. The number of nitrogens with one attached hydrogen (secondary N) is 1. The fourth-order valence-corrected chi connectivity index (χ4v) is 3.00. The highest BCUT2D eigenvalue weighted by atomic mass is 32.1. The van der Waals surface area contributed by atoms with Gasteiger partial charge in [0.25, 0.3) is 10.7 Å². The van der Waals surface area contributed by atoms with Crippen molar-refractivity contribution in [3.63, 3.8) is 0 Å². The van der Waals surface area contributed by atoms with Gasteiger partial charge in [0.05, 0.1) is 11.6 Å². The molecule has 0 spiro atoms. The van der Waals surface area contributed by atoms with Crippen molar-refractivity contribution in [1.29, 1.82) is 0 Å². The lowest BCUT2D eigenvalue weighted by molar-refractivity contribution is 0.0705. The quantitative estimate of drug-likeness (QED) is 0.694. The maximum absolute atomic E-state index is 12.9. The lowest BCUT2D eigenvalue weighted by Crippen LogP contribution is -2.31. The Hall–Kier alpha value is -2.44. The van der Waals surface area contributed by atoms with Crippen molar-refractivity contribution in [2.45, 2.75) is 12.5 Å². The smallest absolute Gasteiger partial charge is 0.266 e. The van der Waals surface area contributed by atoms with Crippen LogP contribution < -0.4 is 0 Å². The van der Waals surface area contributed by atoms with Gasteiger partial charge in [-0.2, -0.15) is 0 Å². The number of oxazole rings is 1. The number of fused-ring (bicyclic) bond motifs is 1. The number of aliphatic hydroxyl groups is 1. The Morgan fingerprint density at radius 3 is 2.75 bits per heavy atom. The SMILES string of the molecule is CN(C(=O)c1ccc2[nH]c(=S)oc2c1)C(CCO)c1ccccc1. The fourth-order valence-electron chi connectivity index (χ4n) is 2.80. The molecule has 3 aromatic rings. The van der Waals surface area contributed by atoms with Crippen LogP contribution in [0.4, 0.5) is 0 Å². The van der Waals surface area contributed by atoms with Gasteiger partial charge in [0.15, 0.2) is 5.58 Å². The predicted octanol–water partition coefficient (Wildman–Crippen LogP) is 3.69. The van der Waals surface area contributed by atoms with Crippen molar-refractivity contribution < 1.29 is 14.3 Å². The Kier molecular flexibility index (Phi) is 4.78. The third-order valence-corrected chi connectivity index (χ3v) is 4.23. The number of benzene rings is 2. The average Bonchev–Trinajstić information content (AvgIpc) is 2.98. The molecule has 6 heteroatoms. The summed E-state index contributed by atoms with van der Waals surface area (Å²) in [5.41, 5.74) is 2.82. The maximum atomic E-state index is 12.9. The third-order valence-electron chi connectivity index (χ3n) is 4.04. The third kappa shape index (κ3) is 3.25. The lowest BCUT2D eigenvalue weighted by Gasteiger charge is -2.28. The molecule has 0 saturated carbocycles. The van der Waals surface area contributed by atoms with Crippen LogP contribution in [0.2, 0.25) is 0 Å². The van der Waals surface area contributed by atoms with Gasteiger partial charge in [0.1, 0.15) is 0 Å². The predicted molar refractivity (Wildman–Crippen MR) is 94.4 cm³/mol. The van der Waals surface area contributed by atoms with E-state index in [1.807, 2.05) is 30.3 Å².